The van der Waals surface area contributed by atoms with Crippen molar-refractivity contribution >= 4 is 40.6 Å². The van der Waals surface area contributed by atoms with Crippen molar-refractivity contribution in [2.75, 3.05) is 31.5 Å². The third kappa shape index (κ3) is 5.09. The topological polar surface area (TPSA) is 78.7 Å². The highest BCUT2D eigenvalue weighted by molar-refractivity contribution is 6.35. The Labute approximate surface area is 166 Å². The van der Waals surface area contributed by atoms with Gasteiger partial charge in [-0.25, -0.2) is 4.79 Å². The molecule has 0 spiro atoms. The van der Waals surface area contributed by atoms with Crippen molar-refractivity contribution in [3.05, 3.63) is 68.2 Å². The molecule has 0 unspecified atom stereocenters. The van der Waals surface area contributed by atoms with Crippen LogP contribution in [0, 0.1) is 10.1 Å². The van der Waals surface area contributed by atoms with Crippen LogP contribution in [0.5, 0.6) is 0 Å². The summed E-state index contributed by atoms with van der Waals surface area (Å²) in [6.45, 7) is 3.23. The van der Waals surface area contributed by atoms with E-state index < -0.39 is 4.92 Å². The van der Waals surface area contributed by atoms with Gasteiger partial charge in [-0.1, -0.05) is 35.3 Å². The maximum Gasteiger partial charge on any atom is 0.321 e. The smallest absolute Gasteiger partial charge is 0.321 e. The molecule has 0 radical (unpaired) electrons. The summed E-state index contributed by atoms with van der Waals surface area (Å²) in [5.74, 6) is 0. The molecule has 2 amide bonds. The van der Waals surface area contributed by atoms with Crippen LogP contribution in [0.15, 0.2) is 42.5 Å². The first-order chi connectivity index (χ1) is 12.9. The fraction of sp³-hybridized carbons (Fsp3) is 0.278. The van der Waals surface area contributed by atoms with Gasteiger partial charge < -0.3 is 10.2 Å². The second-order valence-corrected chi connectivity index (χ2v) is 7.08. The van der Waals surface area contributed by atoms with Gasteiger partial charge in [-0.3, -0.25) is 15.0 Å². The summed E-state index contributed by atoms with van der Waals surface area (Å²) in [7, 11) is 0. The van der Waals surface area contributed by atoms with E-state index in [0.717, 1.165) is 5.56 Å². The number of amides is 2. The predicted molar refractivity (Wildman–Crippen MR) is 105 cm³/mol. The summed E-state index contributed by atoms with van der Waals surface area (Å²) >= 11 is 12.1. The number of halogens is 2. The van der Waals surface area contributed by atoms with E-state index in [9.17, 15) is 14.9 Å². The van der Waals surface area contributed by atoms with Gasteiger partial charge in [0.1, 0.15) is 0 Å². The fourth-order valence-electron chi connectivity index (χ4n) is 2.90. The standard InChI is InChI=1S/C18H18Cl2N4O3/c19-14-5-4-13(17(20)10-14)12-22-6-8-23(9-7-22)18(25)21-15-2-1-3-16(11-15)24(26)27/h1-5,10-11H,6-9,12H2,(H,21,25). The second kappa shape index (κ2) is 8.56. The molecule has 3 rings (SSSR count). The lowest BCUT2D eigenvalue weighted by Gasteiger charge is -2.34. The number of carbonyl (C=O) groups is 1. The lowest BCUT2D eigenvalue weighted by atomic mass is 10.2. The quantitative estimate of drug-likeness (QED) is 0.605. The molecule has 1 N–H and O–H groups in total. The van der Waals surface area contributed by atoms with Crippen LogP contribution in [-0.4, -0.2) is 46.9 Å². The number of anilines is 1. The third-order valence-corrected chi connectivity index (χ3v) is 4.96. The number of nitrogens with one attached hydrogen (secondary N) is 1. The van der Waals surface area contributed by atoms with Crippen molar-refractivity contribution in [3.8, 4) is 0 Å². The Kier molecular flexibility index (Phi) is 6.15. The molecule has 0 aliphatic carbocycles. The van der Waals surface area contributed by atoms with E-state index in [1.54, 1.807) is 23.1 Å². The average molecular weight is 409 g/mol. The van der Waals surface area contributed by atoms with Crippen LogP contribution in [0.2, 0.25) is 10.0 Å². The number of nitrogens with zero attached hydrogens (tertiary/aromatic N) is 3. The van der Waals surface area contributed by atoms with Gasteiger partial charge in [0.25, 0.3) is 5.69 Å². The fourth-order valence-corrected chi connectivity index (χ4v) is 3.37. The van der Waals surface area contributed by atoms with Gasteiger partial charge >= 0.3 is 6.03 Å². The van der Waals surface area contributed by atoms with Gasteiger partial charge in [0.2, 0.25) is 0 Å². The number of piperazine rings is 1. The van der Waals surface area contributed by atoms with E-state index in [1.807, 2.05) is 12.1 Å². The van der Waals surface area contributed by atoms with Crippen LogP contribution >= 0.6 is 23.2 Å². The number of carbonyl (C=O) groups excluding carboxylic acids is 1. The summed E-state index contributed by atoms with van der Waals surface area (Å²) in [6.07, 6.45) is 0. The summed E-state index contributed by atoms with van der Waals surface area (Å²) in [6, 6.07) is 11.1. The zero-order chi connectivity index (χ0) is 19.4. The average Bonchev–Trinajstić information content (AvgIpc) is 2.65. The Morgan fingerprint density at radius 2 is 1.85 bits per heavy atom. The van der Waals surface area contributed by atoms with E-state index in [2.05, 4.69) is 10.2 Å². The molecular formula is C18H18Cl2N4O3. The highest BCUT2D eigenvalue weighted by Crippen LogP contribution is 2.23. The SMILES string of the molecule is O=C(Nc1cccc([N+](=O)[O-])c1)N1CCN(Cc2ccc(Cl)cc2Cl)CC1. The molecule has 1 saturated heterocycles. The molecule has 1 aliphatic heterocycles. The van der Waals surface area contributed by atoms with Crippen molar-refractivity contribution in [1.29, 1.82) is 0 Å². The molecule has 1 aliphatic rings. The highest BCUT2D eigenvalue weighted by Gasteiger charge is 2.22. The zero-order valence-corrected chi connectivity index (χ0v) is 15.9. The number of non-ortho nitro benzene ring substituents is 1. The van der Waals surface area contributed by atoms with Crippen LogP contribution in [-0.2, 0) is 6.54 Å². The van der Waals surface area contributed by atoms with Crippen LogP contribution in [0.4, 0.5) is 16.2 Å². The zero-order valence-electron chi connectivity index (χ0n) is 14.4. The van der Waals surface area contributed by atoms with Crippen LogP contribution in [0.25, 0.3) is 0 Å². The molecule has 0 bridgehead atoms. The van der Waals surface area contributed by atoms with Gasteiger partial charge in [-0.05, 0) is 23.8 Å². The molecular weight excluding hydrogens is 391 g/mol. The Morgan fingerprint density at radius 1 is 1.11 bits per heavy atom. The van der Waals surface area contributed by atoms with E-state index in [1.165, 1.54) is 12.1 Å². The minimum atomic E-state index is -0.490. The minimum Gasteiger partial charge on any atom is -0.322 e. The maximum atomic E-state index is 12.4. The summed E-state index contributed by atoms with van der Waals surface area (Å²) in [5.41, 5.74) is 1.35. The maximum absolute atomic E-state index is 12.4. The van der Waals surface area contributed by atoms with Gasteiger partial charge in [0.05, 0.1) is 4.92 Å². The number of rotatable bonds is 4. The van der Waals surface area contributed by atoms with Crippen LogP contribution < -0.4 is 5.32 Å². The summed E-state index contributed by atoms with van der Waals surface area (Å²) in [5, 5.41) is 14.8. The molecule has 1 fully saturated rings. The first-order valence-corrected chi connectivity index (χ1v) is 9.14. The normalized spacial score (nSPS) is 14.8. The molecule has 0 saturated carbocycles. The van der Waals surface area contributed by atoms with E-state index in [-0.39, 0.29) is 11.7 Å². The van der Waals surface area contributed by atoms with Crippen molar-refractivity contribution in [3.63, 3.8) is 0 Å². The van der Waals surface area contributed by atoms with Crippen molar-refractivity contribution in [2.45, 2.75) is 6.54 Å². The Balaban J connectivity index is 1.53. The van der Waals surface area contributed by atoms with E-state index >= 15 is 0 Å². The first-order valence-electron chi connectivity index (χ1n) is 8.39. The van der Waals surface area contributed by atoms with Crippen molar-refractivity contribution < 1.29 is 9.72 Å². The van der Waals surface area contributed by atoms with E-state index in [0.29, 0.717) is 48.5 Å². The van der Waals surface area contributed by atoms with Crippen LogP contribution in [0.3, 0.4) is 0 Å². The first kappa shape index (κ1) is 19.4. The molecule has 2 aromatic rings. The summed E-state index contributed by atoms with van der Waals surface area (Å²) in [4.78, 5) is 26.6. The number of hydrogen-bond acceptors (Lipinski definition) is 4. The molecule has 27 heavy (non-hydrogen) atoms. The number of nitro groups is 1. The highest BCUT2D eigenvalue weighted by atomic mass is 35.5. The monoisotopic (exact) mass is 408 g/mol. The molecule has 2 aromatic carbocycles. The Morgan fingerprint density at radius 3 is 2.52 bits per heavy atom. The molecule has 1 heterocycles. The summed E-state index contributed by atoms with van der Waals surface area (Å²) < 4.78 is 0. The second-order valence-electron chi connectivity index (χ2n) is 6.24. The molecule has 9 heteroatoms. The molecule has 0 aromatic heterocycles. The number of benzene rings is 2. The van der Waals surface area contributed by atoms with Crippen molar-refractivity contribution in [1.82, 2.24) is 9.80 Å². The molecule has 0 atom stereocenters. The largest absolute Gasteiger partial charge is 0.322 e. The van der Waals surface area contributed by atoms with Gasteiger partial charge in [-0.2, -0.15) is 0 Å². The van der Waals surface area contributed by atoms with Crippen molar-refractivity contribution in [2.24, 2.45) is 0 Å². The van der Waals surface area contributed by atoms with Gasteiger partial charge in [-0.15, -0.1) is 0 Å². The lowest BCUT2D eigenvalue weighted by Crippen LogP contribution is -2.49. The minimum absolute atomic E-state index is 0.0579. The third-order valence-electron chi connectivity index (χ3n) is 4.38. The Bertz CT molecular complexity index is 854. The Hall–Kier alpha value is -2.35. The van der Waals surface area contributed by atoms with E-state index in [4.69, 9.17) is 23.2 Å². The number of hydrogen-bond donors (Lipinski definition) is 1. The van der Waals surface area contributed by atoms with Crippen LogP contribution in [0.1, 0.15) is 5.56 Å². The number of urea groups is 1. The predicted octanol–water partition coefficient (Wildman–Crippen LogP) is 4.25. The lowest BCUT2D eigenvalue weighted by molar-refractivity contribution is -0.384. The number of nitro benzene ring substituents is 1. The van der Waals surface area contributed by atoms with Gasteiger partial charge in [0, 0.05) is 60.6 Å². The molecule has 142 valence electrons. The molecule has 7 nitrogen and oxygen atoms in total. The van der Waals surface area contributed by atoms with Gasteiger partial charge in [0.15, 0.2) is 0 Å².